The molecule has 0 amide bonds. The summed E-state index contributed by atoms with van der Waals surface area (Å²) in [6.07, 6.45) is 1.85. The van der Waals surface area contributed by atoms with Gasteiger partial charge in [0, 0.05) is 18.3 Å². The van der Waals surface area contributed by atoms with E-state index in [-0.39, 0.29) is 5.82 Å². The highest BCUT2D eigenvalue weighted by molar-refractivity contribution is 5.34. The van der Waals surface area contributed by atoms with Gasteiger partial charge in [-0.05, 0) is 26.1 Å². The van der Waals surface area contributed by atoms with Crippen LogP contribution in [0.5, 0.6) is 0 Å². The van der Waals surface area contributed by atoms with Crippen molar-refractivity contribution in [2.24, 2.45) is 0 Å². The minimum atomic E-state index is -0.263. The van der Waals surface area contributed by atoms with Gasteiger partial charge in [0.15, 0.2) is 0 Å². The predicted octanol–water partition coefficient (Wildman–Crippen LogP) is 2.04. The van der Waals surface area contributed by atoms with Gasteiger partial charge < -0.3 is 5.32 Å². The molecule has 2 rings (SSSR count). The van der Waals surface area contributed by atoms with Crippen molar-refractivity contribution in [3.63, 3.8) is 0 Å². The molecule has 0 fully saturated rings. The maximum Gasteiger partial charge on any atom is 0.148 e. The van der Waals surface area contributed by atoms with Crippen molar-refractivity contribution in [3.05, 3.63) is 47.5 Å². The molecule has 3 nitrogen and oxygen atoms in total. The molecule has 0 aliphatic carbocycles. The van der Waals surface area contributed by atoms with Crippen molar-refractivity contribution >= 4 is 0 Å². The average Bonchev–Trinajstić information content (AvgIpc) is 2.61. The Balaban J connectivity index is 2.42. The number of hydrogen-bond donors (Lipinski definition) is 1. The van der Waals surface area contributed by atoms with Crippen LogP contribution < -0.4 is 5.32 Å². The summed E-state index contributed by atoms with van der Waals surface area (Å²) in [5.74, 6) is -0.263. The molecule has 0 saturated carbocycles. The lowest BCUT2D eigenvalue weighted by molar-refractivity contribution is 0.610. The third-order valence-electron chi connectivity index (χ3n) is 2.47. The first kappa shape index (κ1) is 10.8. The van der Waals surface area contributed by atoms with E-state index in [0.717, 1.165) is 17.8 Å². The van der Waals surface area contributed by atoms with Crippen LogP contribution in [0.2, 0.25) is 0 Å². The minimum absolute atomic E-state index is 0.263. The van der Waals surface area contributed by atoms with E-state index in [4.69, 9.17) is 0 Å². The van der Waals surface area contributed by atoms with Gasteiger partial charge in [0.1, 0.15) is 11.5 Å². The molecular weight excluding hydrogens is 205 g/mol. The number of benzene rings is 1. The van der Waals surface area contributed by atoms with Gasteiger partial charge in [0.25, 0.3) is 0 Å². The zero-order valence-corrected chi connectivity index (χ0v) is 9.37. The Labute approximate surface area is 93.9 Å². The fourth-order valence-corrected chi connectivity index (χ4v) is 1.62. The molecule has 84 valence electrons. The highest BCUT2D eigenvalue weighted by Gasteiger charge is 2.08. The Morgan fingerprint density at radius 2 is 2.12 bits per heavy atom. The number of halogens is 1. The first-order valence-corrected chi connectivity index (χ1v) is 5.17. The zero-order chi connectivity index (χ0) is 11.5. The number of rotatable bonds is 3. The number of para-hydroxylation sites is 1. The summed E-state index contributed by atoms with van der Waals surface area (Å²) in [5, 5.41) is 7.35. The minimum Gasteiger partial charge on any atom is -0.316 e. The van der Waals surface area contributed by atoms with E-state index in [0.29, 0.717) is 5.69 Å². The van der Waals surface area contributed by atoms with Gasteiger partial charge in [-0.15, -0.1) is 0 Å². The summed E-state index contributed by atoms with van der Waals surface area (Å²) in [7, 11) is 1.87. The second-order valence-electron chi connectivity index (χ2n) is 3.67. The zero-order valence-electron chi connectivity index (χ0n) is 9.37. The van der Waals surface area contributed by atoms with Crippen LogP contribution in [0.3, 0.4) is 0 Å². The molecule has 0 spiro atoms. The maximum absolute atomic E-state index is 13.5. The van der Waals surface area contributed by atoms with Crippen LogP contribution in [0, 0.1) is 12.7 Å². The molecule has 1 heterocycles. The van der Waals surface area contributed by atoms with E-state index in [9.17, 15) is 4.39 Å². The standard InChI is InChI=1S/C12H14FN3/c1-9-10(7-14-2)8-16(15-9)12-6-4-3-5-11(12)13/h3-6,8,14H,7H2,1-2H3. The van der Waals surface area contributed by atoms with E-state index in [1.165, 1.54) is 6.07 Å². The van der Waals surface area contributed by atoms with E-state index in [1.807, 2.05) is 20.2 Å². The van der Waals surface area contributed by atoms with Gasteiger partial charge in [-0.2, -0.15) is 5.10 Å². The molecule has 16 heavy (non-hydrogen) atoms. The summed E-state index contributed by atoms with van der Waals surface area (Å²) in [6, 6.07) is 6.62. The van der Waals surface area contributed by atoms with Gasteiger partial charge in [-0.1, -0.05) is 12.1 Å². The fourth-order valence-electron chi connectivity index (χ4n) is 1.62. The smallest absolute Gasteiger partial charge is 0.148 e. The van der Waals surface area contributed by atoms with Gasteiger partial charge in [-0.3, -0.25) is 0 Å². The van der Waals surface area contributed by atoms with E-state index >= 15 is 0 Å². The summed E-state index contributed by atoms with van der Waals surface area (Å²) < 4.78 is 15.1. The van der Waals surface area contributed by atoms with E-state index in [2.05, 4.69) is 10.4 Å². The highest BCUT2D eigenvalue weighted by Crippen LogP contribution is 2.14. The van der Waals surface area contributed by atoms with E-state index in [1.54, 1.807) is 22.9 Å². The van der Waals surface area contributed by atoms with Gasteiger partial charge in [-0.25, -0.2) is 9.07 Å². The van der Waals surface area contributed by atoms with Crippen LogP contribution in [0.15, 0.2) is 30.5 Å². The summed E-state index contributed by atoms with van der Waals surface area (Å²) in [4.78, 5) is 0. The summed E-state index contributed by atoms with van der Waals surface area (Å²) >= 11 is 0. The summed E-state index contributed by atoms with van der Waals surface area (Å²) in [6.45, 7) is 2.66. The van der Waals surface area contributed by atoms with Crippen molar-refractivity contribution in [2.45, 2.75) is 13.5 Å². The quantitative estimate of drug-likeness (QED) is 0.856. The van der Waals surface area contributed by atoms with Crippen LogP contribution in [0.25, 0.3) is 5.69 Å². The molecule has 4 heteroatoms. The molecule has 1 aromatic carbocycles. The highest BCUT2D eigenvalue weighted by atomic mass is 19.1. The van der Waals surface area contributed by atoms with Crippen LogP contribution >= 0.6 is 0 Å². The lowest BCUT2D eigenvalue weighted by Crippen LogP contribution is -2.05. The topological polar surface area (TPSA) is 29.9 Å². The normalized spacial score (nSPS) is 10.7. The van der Waals surface area contributed by atoms with Crippen LogP contribution in [0.4, 0.5) is 4.39 Å². The van der Waals surface area contributed by atoms with Crippen LogP contribution in [-0.4, -0.2) is 16.8 Å². The van der Waals surface area contributed by atoms with Gasteiger partial charge >= 0.3 is 0 Å². The molecule has 0 unspecified atom stereocenters. The monoisotopic (exact) mass is 219 g/mol. The molecule has 2 aromatic rings. The first-order chi connectivity index (χ1) is 7.72. The SMILES string of the molecule is CNCc1cn(-c2ccccc2F)nc1C. The van der Waals surface area contributed by atoms with Crippen LogP contribution in [0.1, 0.15) is 11.3 Å². The van der Waals surface area contributed by atoms with E-state index < -0.39 is 0 Å². The summed E-state index contributed by atoms with van der Waals surface area (Å²) in [5.41, 5.74) is 2.47. The molecule has 0 atom stereocenters. The third-order valence-corrected chi connectivity index (χ3v) is 2.47. The third kappa shape index (κ3) is 1.97. The maximum atomic E-state index is 13.5. The number of nitrogens with zero attached hydrogens (tertiary/aromatic N) is 2. The second kappa shape index (κ2) is 4.45. The Kier molecular flexibility index (Phi) is 3.01. The van der Waals surface area contributed by atoms with Crippen molar-refractivity contribution in [2.75, 3.05) is 7.05 Å². The largest absolute Gasteiger partial charge is 0.316 e. The van der Waals surface area contributed by atoms with Crippen molar-refractivity contribution in [1.82, 2.24) is 15.1 Å². The predicted molar refractivity (Wildman–Crippen MR) is 61.0 cm³/mol. The number of hydrogen-bond acceptors (Lipinski definition) is 2. The first-order valence-electron chi connectivity index (χ1n) is 5.17. The number of nitrogens with one attached hydrogen (secondary N) is 1. The van der Waals surface area contributed by atoms with Gasteiger partial charge in [0.05, 0.1) is 5.69 Å². The second-order valence-corrected chi connectivity index (χ2v) is 3.67. The molecule has 0 bridgehead atoms. The average molecular weight is 219 g/mol. The Bertz CT molecular complexity index is 491. The molecule has 0 saturated heterocycles. The molecular formula is C12H14FN3. The molecule has 0 aliphatic heterocycles. The lowest BCUT2D eigenvalue weighted by Gasteiger charge is -2.01. The van der Waals surface area contributed by atoms with Crippen LogP contribution in [-0.2, 0) is 6.54 Å². The lowest BCUT2D eigenvalue weighted by atomic mass is 10.2. The number of aromatic nitrogens is 2. The molecule has 0 radical (unpaired) electrons. The van der Waals surface area contributed by atoms with Crippen molar-refractivity contribution in [1.29, 1.82) is 0 Å². The fraction of sp³-hybridized carbons (Fsp3) is 0.250. The molecule has 0 aliphatic rings. The number of aryl methyl sites for hydroxylation is 1. The molecule has 1 aromatic heterocycles. The Morgan fingerprint density at radius 1 is 1.38 bits per heavy atom. The Morgan fingerprint density at radius 3 is 2.81 bits per heavy atom. The van der Waals surface area contributed by atoms with Crippen molar-refractivity contribution in [3.8, 4) is 5.69 Å². The van der Waals surface area contributed by atoms with Crippen molar-refractivity contribution < 1.29 is 4.39 Å². The Hall–Kier alpha value is -1.68. The van der Waals surface area contributed by atoms with Gasteiger partial charge in [0.2, 0.25) is 0 Å². The molecule has 1 N–H and O–H groups in total.